The normalized spacial score (nSPS) is 24.1. The van der Waals surface area contributed by atoms with Gasteiger partial charge in [-0.2, -0.15) is 0 Å². The summed E-state index contributed by atoms with van der Waals surface area (Å²) in [5, 5.41) is 2.41. The molecular formula is C16H18N2O4S. The van der Waals surface area contributed by atoms with Gasteiger partial charge in [0.05, 0.1) is 7.11 Å². The lowest BCUT2D eigenvalue weighted by molar-refractivity contribution is -0.141. The van der Waals surface area contributed by atoms with Crippen molar-refractivity contribution in [1.82, 2.24) is 10.2 Å². The van der Waals surface area contributed by atoms with E-state index in [1.165, 1.54) is 7.11 Å². The van der Waals surface area contributed by atoms with Crippen LogP contribution < -0.4 is 5.32 Å². The average Bonchev–Trinajstić information content (AvgIpc) is 2.95. The molecule has 2 amide bonds. The number of carbonyl (C=O) groups is 3. The third-order valence-corrected chi connectivity index (χ3v) is 5.71. The van der Waals surface area contributed by atoms with Crippen LogP contribution in [-0.4, -0.2) is 47.1 Å². The Labute approximate surface area is 138 Å². The highest BCUT2D eigenvalue weighted by atomic mass is 32.2. The van der Waals surface area contributed by atoms with Gasteiger partial charge in [-0.05, 0) is 25.5 Å². The van der Waals surface area contributed by atoms with Crippen molar-refractivity contribution in [3.63, 3.8) is 0 Å². The number of ether oxygens (including phenoxy) is 1. The summed E-state index contributed by atoms with van der Waals surface area (Å²) >= 11 is 1.59. The second-order valence-electron chi connectivity index (χ2n) is 6.07. The first-order chi connectivity index (χ1) is 10.9. The van der Waals surface area contributed by atoms with Crippen LogP contribution in [0.3, 0.4) is 0 Å². The van der Waals surface area contributed by atoms with Gasteiger partial charge < -0.3 is 15.0 Å². The van der Waals surface area contributed by atoms with Crippen molar-refractivity contribution in [1.29, 1.82) is 0 Å². The molecule has 0 aliphatic carbocycles. The summed E-state index contributed by atoms with van der Waals surface area (Å²) in [6, 6.07) is 6.79. The Hall–Kier alpha value is -2.02. The van der Waals surface area contributed by atoms with Gasteiger partial charge >= 0.3 is 5.97 Å². The van der Waals surface area contributed by atoms with Crippen LogP contribution in [-0.2, 0) is 14.3 Å². The van der Waals surface area contributed by atoms with Crippen molar-refractivity contribution in [2.24, 2.45) is 0 Å². The molecular weight excluding hydrogens is 316 g/mol. The molecule has 1 fully saturated rings. The van der Waals surface area contributed by atoms with Gasteiger partial charge in [0.15, 0.2) is 0 Å². The minimum Gasteiger partial charge on any atom is -0.468 e. The maximum absolute atomic E-state index is 12.7. The third kappa shape index (κ3) is 2.49. The van der Waals surface area contributed by atoms with Gasteiger partial charge in [0.25, 0.3) is 5.91 Å². The molecule has 2 aliphatic heterocycles. The zero-order valence-corrected chi connectivity index (χ0v) is 14.0. The van der Waals surface area contributed by atoms with Crippen molar-refractivity contribution in [3.05, 3.63) is 35.4 Å². The van der Waals surface area contributed by atoms with E-state index in [2.05, 4.69) is 10.1 Å². The molecule has 1 aromatic rings. The molecule has 1 aromatic carbocycles. The highest BCUT2D eigenvalue weighted by Crippen LogP contribution is 2.56. The first-order valence-electron chi connectivity index (χ1n) is 7.31. The quantitative estimate of drug-likeness (QED) is 0.844. The second kappa shape index (κ2) is 5.56. The van der Waals surface area contributed by atoms with E-state index in [9.17, 15) is 14.4 Å². The molecule has 23 heavy (non-hydrogen) atoms. The Morgan fingerprint density at radius 2 is 2.04 bits per heavy atom. The molecule has 1 N–H and O–H groups in total. The molecule has 2 aliphatic rings. The number of hydrogen-bond donors (Lipinski definition) is 1. The minimum absolute atomic E-state index is 0.137. The fourth-order valence-corrected chi connectivity index (χ4v) is 4.72. The second-order valence-corrected chi connectivity index (χ2v) is 7.80. The SMILES string of the molecule is COC(=O)CNC(=O)[C@@H]1N2C(=O)c3ccccc3[C@H]2SC1(C)C. The molecule has 3 rings (SSSR count). The molecule has 2 heterocycles. The fraction of sp³-hybridized carbons (Fsp3) is 0.438. The molecule has 0 aromatic heterocycles. The number of carbonyl (C=O) groups excluding carboxylic acids is 3. The van der Waals surface area contributed by atoms with Gasteiger partial charge in [0.1, 0.15) is 18.0 Å². The van der Waals surface area contributed by atoms with Crippen molar-refractivity contribution in [2.45, 2.75) is 30.0 Å². The summed E-state index contributed by atoms with van der Waals surface area (Å²) in [7, 11) is 1.26. The van der Waals surface area contributed by atoms with Crippen LogP contribution in [0.25, 0.3) is 0 Å². The van der Waals surface area contributed by atoms with E-state index >= 15 is 0 Å². The Bertz CT molecular complexity index is 688. The highest BCUT2D eigenvalue weighted by Gasteiger charge is 2.57. The van der Waals surface area contributed by atoms with E-state index in [4.69, 9.17) is 0 Å². The number of nitrogens with zero attached hydrogens (tertiary/aromatic N) is 1. The van der Waals surface area contributed by atoms with Crippen LogP contribution in [0, 0.1) is 0 Å². The van der Waals surface area contributed by atoms with E-state index < -0.39 is 16.8 Å². The number of amides is 2. The molecule has 0 spiro atoms. The number of fused-ring (bicyclic) bond motifs is 3. The summed E-state index contributed by atoms with van der Waals surface area (Å²) in [5.74, 6) is -0.993. The van der Waals surface area contributed by atoms with Crippen LogP contribution in [0.1, 0.15) is 35.1 Å². The van der Waals surface area contributed by atoms with Crippen LogP contribution in [0.5, 0.6) is 0 Å². The largest absolute Gasteiger partial charge is 0.468 e. The highest BCUT2D eigenvalue weighted by molar-refractivity contribution is 8.01. The van der Waals surface area contributed by atoms with E-state index in [1.54, 1.807) is 22.7 Å². The topological polar surface area (TPSA) is 75.7 Å². The zero-order chi connectivity index (χ0) is 16.8. The minimum atomic E-state index is -0.637. The molecule has 122 valence electrons. The monoisotopic (exact) mass is 334 g/mol. The lowest BCUT2D eigenvalue weighted by Gasteiger charge is -2.29. The Morgan fingerprint density at radius 3 is 2.74 bits per heavy atom. The summed E-state index contributed by atoms with van der Waals surface area (Å²) in [6.45, 7) is 3.68. The zero-order valence-electron chi connectivity index (χ0n) is 13.2. The summed E-state index contributed by atoms with van der Waals surface area (Å²) in [6.07, 6.45) is 0. The number of rotatable bonds is 3. The molecule has 0 bridgehead atoms. The molecule has 1 saturated heterocycles. The maximum atomic E-state index is 12.7. The Morgan fingerprint density at radius 1 is 1.35 bits per heavy atom. The van der Waals surface area contributed by atoms with Crippen LogP contribution in [0.15, 0.2) is 24.3 Å². The summed E-state index contributed by atoms with van der Waals surface area (Å²) in [4.78, 5) is 38.2. The Balaban J connectivity index is 1.88. The molecule has 0 radical (unpaired) electrons. The Kier molecular flexibility index (Phi) is 3.83. The number of thioether (sulfide) groups is 1. The maximum Gasteiger partial charge on any atom is 0.325 e. The number of benzene rings is 1. The van der Waals surface area contributed by atoms with Gasteiger partial charge in [-0.25, -0.2) is 0 Å². The van der Waals surface area contributed by atoms with Gasteiger partial charge in [0, 0.05) is 10.3 Å². The van der Waals surface area contributed by atoms with Crippen LogP contribution >= 0.6 is 11.8 Å². The van der Waals surface area contributed by atoms with Crippen molar-refractivity contribution in [2.75, 3.05) is 13.7 Å². The van der Waals surface area contributed by atoms with Crippen molar-refractivity contribution in [3.8, 4) is 0 Å². The molecule has 2 atom stereocenters. The smallest absolute Gasteiger partial charge is 0.325 e. The molecule has 0 unspecified atom stereocenters. The standard InChI is InChI=1S/C16H18N2O4S/c1-16(2)12(13(20)17-8-11(19)22-3)18-14(21)9-6-4-5-7-10(9)15(18)23-16/h4-7,12,15H,8H2,1-3H3,(H,17,20)/t12-,15+/m0/s1. The lowest BCUT2D eigenvalue weighted by Crippen LogP contribution is -2.53. The van der Waals surface area contributed by atoms with E-state index in [1.807, 2.05) is 32.0 Å². The molecule has 7 heteroatoms. The van der Waals surface area contributed by atoms with E-state index in [0.29, 0.717) is 5.56 Å². The number of nitrogens with one attached hydrogen (secondary N) is 1. The van der Waals surface area contributed by atoms with Gasteiger partial charge in [0.2, 0.25) is 5.91 Å². The predicted molar refractivity (Wildman–Crippen MR) is 85.8 cm³/mol. The summed E-state index contributed by atoms with van der Waals surface area (Å²) < 4.78 is 4.08. The first-order valence-corrected chi connectivity index (χ1v) is 8.18. The van der Waals surface area contributed by atoms with Crippen LogP contribution in [0.2, 0.25) is 0 Å². The molecule has 0 saturated carbocycles. The van der Waals surface area contributed by atoms with Gasteiger partial charge in [-0.1, -0.05) is 18.2 Å². The van der Waals surface area contributed by atoms with Crippen LogP contribution in [0.4, 0.5) is 0 Å². The van der Waals surface area contributed by atoms with Gasteiger partial charge in [-0.3, -0.25) is 14.4 Å². The van der Waals surface area contributed by atoms with E-state index in [-0.39, 0.29) is 23.7 Å². The number of methoxy groups -OCH3 is 1. The fourth-order valence-electron chi connectivity index (χ4n) is 3.13. The van der Waals surface area contributed by atoms with Gasteiger partial charge in [-0.15, -0.1) is 11.8 Å². The predicted octanol–water partition coefficient (Wildman–Crippen LogP) is 1.32. The number of hydrogen-bond acceptors (Lipinski definition) is 5. The van der Waals surface area contributed by atoms with Crippen molar-refractivity contribution >= 4 is 29.5 Å². The third-order valence-electron chi connectivity index (χ3n) is 4.18. The van der Waals surface area contributed by atoms with Crippen molar-refractivity contribution < 1.29 is 19.1 Å². The average molecular weight is 334 g/mol. The first kappa shape index (κ1) is 15.9. The lowest BCUT2D eigenvalue weighted by atomic mass is 10.0. The van der Waals surface area contributed by atoms with E-state index in [0.717, 1.165) is 5.56 Å². The number of esters is 1. The summed E-state index contributed by atoms with van der Waals surface area (Å²) in [5.41, 5.74) is 1.59. The molecule has 6 nitrogen and oxygen atoms in total.